The van der Waals surface area contributed by atoms with Crippen molar-refractivity contribution in [3.63, 3.8) is 0 Å². The molecule has 0 amide bonds. The van der Waals surface area contributed by atoms with E-state index < -0.39 is 5.54 Å². The highest BCUT2D eigenvalue weighted by atomic mass is 32.1. The van der Waals surface area contributed by atoms with Crippen molar-refractivity contribution in [2.24, 2.45) is 5.73 Å². The first-order chi connectivity index (χ1) is 6.45. The van der Waals surface area contributed by atoms with Crippen molar-refractivity contribution >= 4 is 17.3 Å². The number of hydrogen-bond donors (Lipinski definition) is 1. The molecular formula is C9H14N2O2S. The van der Waals surface area contributed by atoms with E-state index in [2.05, 4.69) is 4.98 Å². The Morgan fingerprint density at radius 3 is 2.79 bits per heavy atom. The van der Waals surface area contributed by atoms with Gasteiger partial charge in [-0.25, -0.2) is 9.78 Å². The standard InChI is InChI=1S/C9H14N2O2S/c1-4-13-7(12)6-5-14-8(11-6)9(2,3)10/h5H,4,10H2,1-3H3. The molecule has 0 atom stereocenters. The molecule has 0 fully saturated rings. The monoisotopic (exact) mass is 214 g/mol. The minimum atomic E-state index is -0.505. The van der Waals surface area contributed by atoms with Gasteiger partial charge in [-0.1, -0.05) is 0 Å². The Kier molecular flexibility index (Phi) is 3.23. The molecule has 0 aliphatic carbocycles. The van der Waals surface area contributed by atoms with Crippen LogP contribution in [-0.2, 0) is 10.3 Å². The number of nitrogens with zero attached hydrogens (tertiary/aromatic N) is 1. The highest BCUT2D eigenvalue weighted by Crippen LogP contribution is 2.21. The molecule has 78 valence electrons. The van der Waals surface area contributed by atoms with Crippen molar-refractivity contribution < 1.29 is 9.53 Å². The Bertz CT molecular complexity index is 328. The molecule has 2 N–H and O–H groups in total. The maximum absolute atomic E-state index is 11.3. The van der Waals surface area contributed by atoms with Gasteiger partial charge in [-0.15, -0.1) is 11.3 Å². The second-order valence-corrected chi connectivity index (χ2v) is 4.34. The van der Waals surface area contributed by atoms with Gasteiger partial charge < -0.3 is 10.5 Å². The Labute approximate surface area is 87.1 Å². The van der Waals surface area contributed by atoms with Crippen LogP contribution < -0.4 is 5.73 Å². The molecule has 1 heterocycles. The Balaban J connectivity index is 2.83. The largest absolute Gasteiger partial charge is 0.461 e. The first kappa shape index (κ1) is 11.1. The SMILES string of the molecule is CCOC(=O)c1csc(C(C)(C)N)n1. The quantitative estimate of drug-likeness (QED) is 0.775. The van der Waals surface area contributed by atoms with Gasteiger partial charge in [0, 0.05) is 5.38 Å². The molecule has 0 saturated carbocycles. The Morgan fingerprint density at radius 2 is 2.36 bits per heavy atom. The average molecular weight is 214 g/mol. The summed E-state index contributed by atoms with van der Waals surface area (Å²) in [6, 6.07) is 0. The average Bonchev–Trinajstić information content (AvgIpc) is 2.51. The van der Waals surface area contributed by atoms with Crippen molar-refractivity contribution in [2.45, 2.75) is 26.3 Å². The van der Waals surface area contributed by atoms with E-state index in [-0.39, 0.29) is 5.97 Å². The van der Waals surface area contributed by atoms with Crippen LogP contribution in [0.3, 0.4) is 0 Å². The lowest BCUT2D eigenvalue weighted by atomic mass is 10.1. The topological polar surface area (TPSA) is 65.2 Å². The van der Waals surface area contributed by atoms with Gasteiger partial charge >= 0.3 is 5.97 Å². The van der Waals surface area contributed by atoms with E-state index in [0.717, 1.165) is 5.01 Å². The minimum absolute atomic E-state index is 0.338. The van der Waals surface area contributed by atoms with E-state index in [1.165, 1.54) is 11.3 Å². The van der Waals surface area contributed by atoms with E-state index >= 15 is 0 Å². The van der Waals surface area contributed by atoms with Gasteiger partial charge in [-0.3, -0.25) is 0 Å². The third-order valence-electron chi connectivity index (χ3n) is 1.54. The molecule has 0 aromatic carbocycles. The molecular weight excluding hydrogens is 200 g/mol. The summed E-state index contributed by atoms with van der Waals surface area (Å²) in [6.45, 7) is 5.82. The fraction of sp³-hybridized carbons (Fsp3) is 0.556. The van der Waals surface area contributed by atoms with Crippen LogP contribution in [0.2, 0.25) is 0 Å². The van der Waals surface area contributed by atoms with Crippen molar-refractivity contribution in [1.82, 2.24) is 4.98 Å². The molecule has 1 aromatic heterocycles. The van der Waals surface area contributed by atoms with Crippen molar-refractivity contribution in [3.8, 4) is 0 Å². The summed E-state index contributed by atoms with van der Waals surface area (Å²) in [5.41, 5.74) is 5.67. The first-order valence-corrected chi connectivity index (χ1v) is 5.25. The lowest BCUT2D eigenvalue weighted by Crippen LogP contribution is -2.28. The normalized spacial score (nSPS) is 11.4. The van der Waals surface area contributed by atoms with Crippen molar-refractivity contribution in [1.29, 1.82) is 0 Å². The van der Waals surface area contributed by atoms with Crippen LogP contribution in [0.5, 0.6) is 0 Å². The lowest BCUT2D eigenvalue weighted by Gasteiger charge is -2.13. The number of nitrogens with two attached hydrogens (primary N) is 1. The predicted octanol–water partition coefficient (Wildman–Crippen LogP) is 1.51. The maximum Gasteiger partial charge on any atom is 0.357 e. The lowest BCUT2D eigenvalue weighted by molar-refractivity contribution is 0.0520. The van der Waals surface area contributed by atoms with Crippen LogP contribution >= 0.6 is 11.3 Å². The number of carbonyl (C=O) groups is 1. The number of aromatic nitrogens is 1. The highest BCUT2D eigenvalue weighted by Gasteiger charge is 2.20. The minimum Gasteiger partial charge on any atom is -0.461 e. The highest BCUT2D eigenvalue weighted by molar-refractivity contribution is 7.10. The van der Waals surface area contributed by atoms with Gasteiger partial charge in [0.25, 0.3) is 0 Å². The summed E-state index contributed by atoms with van der Waals surface area (Å²) < 4.78 is 4.82. The maximum atomic E-state index is 11.3. The van der Waals surface area contributed by atoms with Crippen LogP contribution in [0.4, 0.5) is 0 Å². The number of carbonyl (C=O) groups excluding carboxylic acids is 1. The second kappa shape index (κ2) is 4.06. The molecule has 0 spiro atoms. The molecule has 0 unspecified atom stereocenters. The fourth-order valence-electron chi connectivity index (χ4n) is 0.868. The molecule has 5 heteroatoms. The van der Waals surface area contributed by atoms with Crippen LogP contribution in [0.1, 0.15) is 36.3 Å². The molecule has 1 aromatic rings. The van der Waals surface area contributed by atoms with Crippen LogP contribution in [0, 0.1) is 0 Å². The Morgan fingerprint density at radius 1 is 1.71 bits per heavy atom. The molecule has 0 aliphatic heterocycles. The Hall–Kier alpha value is -0.940. The van der Waals surface area contributed by atoms with E-state index in [1.54, 1.807) is 12.3 Å². The van der Waals surface area contributed by atoms with E-state index in [1.807, 2.05) is 13.8 Å². The number of hydrogen-bond acceptors (Lipinski definition) is 5. The summed E-state index contributed by atoms with van der Waals surface area (Å²) in [5, 5.41) is 2.41. The van der Waals surface area contributed by atoms with Crippen LogP contribution in [-0.4, -0.2) is 17.6 Å². The molecule has 0 aliphatic rings. The summed E-state index contributed by atoms with van der Waals surface area (Å²) in [4.78, 5) is 15.4. The molecule has 0 saturated heterocycles. The third kappa shape index (κ3) is 2.52. The summed E-state index contributed by atoms with van der Waals surface area (Å²) >= 11 is 1.37. The van der Waals surface area contributed by atoms with Gasteiger partial charge in [-0.2, -0.15) is 0 Å². The smallest absolute Gasteiger partial charge is 0.357 e. The van der Waals surface area contributed by atoms with E-state index in [4.69, 9.17) is 10.5 Å². The third-order valence-corrected chi connectivity index (χ3v) is 2.72. The molecule has 0 bridgehead atoms. The number of thiazole rings is 1. The number of ether oxygens (including phenoxy) is 1. The van der Waals surface area contributed by atoms with Gasteiger partial charge in [-0.05, 0) is 20.8 Å². The van der Waals surface area contributed by atoms with Gasteiger partial charge in [0.1, 0.15) is 5.01 Å². The van der Waals surface area contributed by atoms with Crippen LogP contribution in [0.25, 0.3) is 0 Å². The van der Waals surface area contributed by atoms with Gasteiger partial charge in [0.2, 0.25) is 0 Å². The molecule has 0 radical (unpaired) electrons. The predicted molar refractivity (Wildman–Crippen MR) is 55.3 cm³/mol. The zero-order valence-electron chi connectivity index (χ0n) is 8.53. The zero-order chi connectivity index (χ0) is 10.8. The van der Waals surface area contributed by atoms with Gasteiger partial charge in [0.15, 0.2) is 5.69 Å². The van der Waals surface area contributed by atoms with Crippen molar-refractivity contribution in [2.75, 3.05) is 6.61 Å². The van der Waals surface area contributed by atoms with E-state index in [9.17, 15) is 4.79 Å². The molecule has 14 heavy (non-hydrogen) atoms. The van der Waals surface area contributed by atoms with E-state index in [0.29, 0.717) is 12.3 Å². The van der Waals surface area contributed by atoms with Crippen molar-refractivity contribution in [3.05, 3.63) is 16.1 Å². The fourth-order valence-corrected chi connectivity index (χ4v) is 1.70. The summed E-state index contributed by atoms with van der Waals surface area (Å²) in [7, 11) is 0. The zero-order valence-corrected chi connectivity index (χ0v) is 9.35. The summed E-state index contributed by atoms with van der Waals surface area (Å²) in [6.07, 6.45) is 0. The number of rotatable bonds is 3. The van der Waals surface area contributed by atoms with Gasteiger partial charge in [0.05, 0.1) is 12.1 Å². The molecule has 4 nitrogen and oxygen atoms in total. The summed E-state index contributed by atoms with van der Waals surface area (Å²) in [5.74, 6) is -0.390. The number of esters is 1. The van der Waals surface area contributed by atoms with Crippen LogP contribution in [0.15, 0.2) is 5.38 Å². The molecule has 1 rings (SSSR count). The first-order valence-electron chi connectivity index (χ1n) is 4.37. The second-order valence-electron chi connectivity index (χ2n) is 3.48.